The minimum atomic E-state index is -0.829. The van der Waals surface area contributed by atoms with Crippen molar-refractivity contribution >= 4 is 23.1 Å². The summed E-state index contributed by atoms with van der Waals surface area (Å²) in [4.78, 5) is 28.2. The zero-order valence-corrected chi connectivity index (χ0v) is 20.7. The van der Waals surface area contributed by atoms with Crippen LogP contribution in [0.2, 0.25) is 0 Å². The smallest absolute Gasteiger partial charge is 0.300 e. The van der Waals surface area contributed by atoms with Gasteiger partial charge < -0.3 is 9.84 Å². The van der Waals surface area contributed by atoms with E-state index in [9.17, 15) is 20.0 Å². The Bertz CT molecular complexity index is 1420. The maximum atomic E-state index is 13.4. The second-order valence-corrected chi connectivity index (χ2v) is 9.44. The number of anilines is 1. The number of Topliss-reactive ketones (excluding diaryl/α,β-unsaturated/α-hetero) is 1. The summed E-state index contributed by atoms with van der Waals surface area (Å²) in [5.74, 6) is -0.953. The van der Waals surface area contributed by atoms with Crippen LogP contribution in [-0.2, 0) is 22.4 Å². The van der Waals surface area contributed by atoms with E-state index in [2.05, 4.69) is 6.07 Å². The van der Waals surface area contributed by atoms with Crippen molar-refractivity contribution in [3.63, 3.8) is 0 Å². The van der Waals surface area contributed by atoms with Gasteiger partial charge in [-0.1, -0.05) is 31.2 Å². The first-order valence-electron chi connectivity index (χ1n) is 12.7. The first-order chi connectivity index (χ1) is 18.0. The topological polar surface area (TPSA) is 90.6 Å². The number of nitriles is 1. The Morgan fingerprint density at radius 1 is 1.00 bits per heavy atom. The van der Waals surface area contributed by atoms with Crippen molar-refractivity contribution in [3.05, 3.63) is 100 Å². The predicted octanol–water partition coefficient (Wildman–Crippen LogP) is 5.85. The minimum absolute atomic E-state index is 0.0485. The summed E-state index contributed by atoms with van der Waals surface area (Å²) in [6.45, 7) is 2.61. The Labute approximate surface area is 216 Å². The number of ether oxygens (including phenoxy) is 1. The molecular weight excluding hydrogens is 464 g/mol. The molecule has 1 atom stereocenters. The molecule has 3 aromatic rings. The molecule has 1 fully saturated rings. The third-order valence-corrected chi connectivity index (χ3v) is 7.01. The van der Waals surface area contributed by atoms with E-state index in [1.807, 2.05) is 49.4 Å². The Kier molecular flexibility index (Phi) is 6.78. The zero-order chi connectivity index (χ0) is 25.9. The molecule has 37 heavy (non-hydrogen) atoms. The number of benzene rings is 3. The summed E-state index contributed by atoms with van der Waals surface area (Å²) in [7, 11) is 0. The van der Waals surface area contributed by atoms with Gasteiger partial charge in [-0.2, -0.15) is 5.26 Å². The maximum Gasteiger partial charge on any atom is 0.300 e. The largest absolute Gasteiger partial charge is 0.507 e. The van der Waals surface area contributed by atoms with Crippen molar-refractivity contribution < 1.29 is 19.4 Å². The lowest BCUT2D eigenvalue weighted by Gasteiger charge is -2.26. The van der Waals surface area contributed by atoms with Gasteiger partial charge in [-0.25, -0.2) is 0 Å². The number of ketones is 1. The van der Waals surface area contributed by atoms with Gasteiger partial charge in [0.1, 0.15) is 11.5 Å². The Balaban J connectivity index is 1.63. The summed E-state index contributed by atoms with van der Waals surface area (Å²) < 4.78 is 5.71. The number of hydrogen-bond donors (Lipinski definition) is 1. The fourth-order valence-corrected chi connectivity index (χ4v) is 5.11. The summed E-state index contributed by atoms with van der Waals surface area (Å²) in [6.07, 6.45) is 5.05. The van der Waals surface area contributed by atoms with Crippen LogP contribution in [0.5, 0.6) is 5.75 Å². The van der Waals surface area contributed by atoms with Gasteiger partial charge in [-0.3, -0.25) is 14.5 Å². The van der Waals surface area contributed by atoms with Crippen molar-refractivity contribution in [1.29, 1.82) is 5.26 Å². The van der Waals surface area contributed by atoms with Crippen LogP contribution in [0.15, 0.2) is 72.3 Å². The van der Waals surface area contributed by atoms with Crippen LogP contribution in [0.25, 0.3) is 5.76 Å². The summed E-state index contributed by atoms with van der Waals surface area (Å²) in [5, 5.41) is 20.7. The number of nitrogens with zero attached hydrogens (tertiary/aromatic N) is 2. The van der Waals surface area contributed by atoms with Crippen molar-refractivity contribution in [3.8, 4) is 11.8 Å². The lowest BCUT2D eigenvalue weighted by Crippen LogP contribution is -2.29. The first kappa shape index (κ1) is 24.3. The van der Waals surface area contributed by atoms with E-state index in [0.29, 0.717) is 34.7 Å². The van der Waals surface area contributed by atoms with Crippen LogP contribution < -0.4 is 9.64 Å². The second-order valence-electron chi connectivity index (χ2n) is 9.44. The molecule has 5 rings (SSSR count). The van der Waals surface area contributed by atoms with E-state index in [4.69, 9.17) is 4.74 Å². The van der Waals surface area contributed by atoms with E-state index in [1.165, 1.54) is 16.0 Å². The van der Waals surface area contributed by atoms with E-state index < -0.39 is 17.7 Å². The number of aryl methyl sites for hydroxylation is 2. The van der Waals surface area contributed by atoms with Gasteiger partial charge in [0, 0.05) is 11.3 Å². The molecular formula is C31H28N2O4. The van der Waals surface area contributed by atoms with Crippen LogP contribution in [0.1, 0.15) is 60.0 Å². The molecule has 1 N–H and O–H groups in total. The van der Waals surface area contributed by atoms with E-state index in [-0.39, 0.29) is 11.3 Å². The normalized spacial score (nSPS) is 18.4. The van der Waals surface area contributed by atoms with E-state index in [1.54, 1.807) is 24.3 Å². The van der Waals surface area contributed by atoms with Gasteiger partial charge >= 0.3 is 0 Å². The predicted molar refractivity (Wildman–Crippen MR) is 141 cm³/mol. The maximum absolute atomic E-state index is 13.4. The Hall–Kier alpha value is -4.37. The molecule has 0 aromatic heterocycles. The fraction of sp³-hybridized carbons (Fsp3) is 0.258. The standard InChI is InChI=1S/C31H28N2O4/c1-2-17-37-26-15-11-22(12-16-26)28-27(29(34)24-10-9-21-5-3-4-6-23(21)18-24)30(35)31(36)33(28)25-13-7-20(19-32)8-14-25/h7-16,18,28,34H,2-6,17H2,1H3/b29-27-. The second kappa shape index (κ2) is 10.3. The minimum Gasteiger partial charge on any atom is -0.507 e. The van der Waals surface area contributed by atoms with Gasteiger partial charge in [-0.05, 0) is 91.3 Å². The molecule has 1 unspecified atom stereocenters. The highest BCUT2D eigenvalue weighted by atomic mass is 16.5. The molecule has 1 heterocycles. The molecule has 6 heteroatoms. The van der Waals surface area contributed by atoms with Crippen molar-refractivity contribution in [1.82, 2.24) is 0 Å². The van der Waals surface area contributed by atoms with Gasteiger partial charge in [0.2, 0.25) is 0 Å². The average molecular weight is 493 g/mol. The number of amides is 1. The molecule has 1 saturated heterocycles. The molecule has 0 spiro atoms. The zero-order valence-electron chi connectivity index (χ0n) is 20.7. The summed E-state index contributed by atoms with van der Waals surface area (Å²) in [5.41, 5.74) is 4.61. The highest BCUT2D eigenvalue weighted by molar-refractivity contribution is 6.51. The van der Waals surface area contributed by atoms with Gasteiger partial charge in [0.25, 0.3) is 11.7 Å². The number of carbonyl (C=O) groups excluding carboxylic acids is 2. The van der Waals surface area contributed by atoms with Crippen LogP contribution >= 0.6 is 0 Å². The lowest BCUT2D eigenvalue weighted by molar-refractivity contribution is -0.132. The van der Waals surface area contributed by atoms with Crippen LogP contribution in [0.4, 0.5) is 5.69 Å². The number of aliphatic hydroxyl groups excluding tert-OH is 1. The average Bonchev–Trinajstić information content (AvgIpc) is 3.21. The molecule has 1 aliphatic carbocycles. The van der Waals surface area contributed by atoms with Gasteiger partial charge in [-0.15, -0.1) is 0 Å². The van der Waals surface area contributed by atoms with Crippen LogP contribution in [-0.4, -0.2) is 23.4 Å². The number of aliphatic hydroxyl groups is 1. The van der Waals surface area contributed by atoms with E-state index in [0.717, 1.165) is 32.1 Å². The lowest BCUT2D eigenvalue weighted by atomic mass is 9.88. The molecule has 3 aromatic carbocycles. The third kappa shape index (κ3) is 4.61. The van der Waals surface area contributed by atoms with Gasteiger partial charge in [0.05, 0.1) is 29.9 Å². The van der Waals surface area contributed by atoms with Crippen LogP contribution in [0, 0.1) is 11.3 Å². The number of fused-ring (bicyclic) bond motifs is 1. The molecule has 2 aliphatic rings. The molecule has 0 bridgehead atoms. The summed E-state index contributed by atoms with van der Waals surface area (Å²) in [6, 6.07) is 20.8. The SMILES string of the molecule is CCCOc1ccc(C2/C(=C(/O)c3ccc4c(c3)CCCC4)C(=O)C(=O)N2c2ccc(C#N)cc2)cc1. The number of hydrogen-bond acceptors (Lipinski definition) is 5. The van der Waals surface area contributed by atoms with Crippen LogP contribution in [0.3, 0.4) is 0 Å². The molecule has 186 valence electrons. The molecule has 1 aliphatic heterocycles. The third-order valence-electron chi connectivity index (χ3n) is 7.01. The Morgan fingerprint density at radius 3 is 2.38 bits per heavy atom. The fourth-order valence-electron chi connectivity index (χ4n) is 5.11. The highest BCUT2D eigenvalue weighted by Gasteiger charge is 2.47. The number of rotatable bonds is 6. The monoisotopic (exact) mass is 492 g/mol. The van der Waals surface area contributed by atoms with Crippen molar-refractivity contribution in [2.75, 3.05) is 11.5 Å². The Morgan fingerprint density at radius 2 is 1.70 bits per heavy atom. The van der Waals surface area contributed by atoms with Crippen molar-refractivity contribution in [2.45, 2.75) is 45.1 Å². The number of carbonyl (C=O) groups is 2. The van der Waals surface area contributed by atoms with Gasteiger partial charge in [0.15, 0.2) is 0 Å². The molecule has 6 nitrogen and oxygen atoms in total. The first-order valence-corrected chi connectivity index (χ1v) is 12.7. The highest BCUT2D eigenvalue weighted by Crippen LogP contribution is 2.42. The van der Waals surface area contributed by atoms with Crippen molar-refractivity contribution in [2.24, 2.45) is 0 Å². The molecule has 0 radical (unpaired) electrons. The summed E-state index contributed by atoms with van der Waals surface area (Å²) >= 11 is 0. The quantitative estimate of drug-likeness (QED) is 0.265. The molecule has 0 saturated carbocycles. The molecule has 1 amide bonds. The van der Waals surface area contributed by atoms with E-state index >= 15 is 0 Å².